The van der Waals surface area contributed by atoms with Gasteiger partial charge in [0, 0.05) is 29.4 Å². The lowest BCUT2D eigenvalue weighted by Crippen LogP contribution is -2.31. The third-order valence-electron chi connectivity index (χ3n) is 4.09. The second-order valence-electron chi connectivity index (χ2n) is 5.75. The fourth-order valence-corrected chi connectivity index (χ4v) is 3.15. The number of benzene rings is 1. The second-order valence-corrected chi connectivity index (χ2v) is 6.09. The van der Waals surface area contributed by atoms with Gasteiger partial charge in [-0.15, -0.1) is 0 Å². The Bertz CT molecular complexity index is 874. The smallest absolute Gasteiger partial charge is 0.224 e. The Kier molecular flexibility index (Phi) is 3.69. The van der Waals surface area contributed by atoms with Crippen molar-refractivity contribution in [3.63, 3.8) is 0 Å². The summed E-state index contributed by atoms with van der Waals surface area (Å²) in [6.45, 7) is 3.25. The predicted octanol–water partition coefficient (Wildman–Crippen LogP) is 3.80. The van der Waals surface area contributed by atoms with E-state index in [0.29, 0.717) is 12.3 Å². The third kappa shape index (κ3) is 2.73. The summed E-state index contributed by atoms with van der Waals surface area (Å²) < 4.78 is 18.6. The molecule has 0 radical (unpaired) electrons. The van der Waals surface area contributed by atoms with Crippen LogP contribution in [0.25, 0.3) is 11.3 Å². The summed E-state index contributed by atoms with van der Waals surface area (Å²) in [4.78, 5) is 10.5. The summed E-state index contributed by atoms with van der Waals surface area (Å²) in [7, 11) is 0. The Morgan fingerprint density at radius 1 is 1.21 bits per heavy atom. The van der Waals surface area contributed by atoms with Gasteiger partial charge in [0.05, 0.1) is 6.54 Å². The van der Waals surface area contributed by atoms with Crippen LogP contribution in [0, 0.1) is 12.7 Å². The lowest BCUT2D eigenvalue weighted by molar-refractivity contribution is 0.423. The number of hydrogen-bond donors (Lipinski definition) is 0. The molecule has 7 heteroatoms. The molecule has 0 atom stereocenters. The van der Waals surface area contributed by atoms with Gasteiger partial charge in [0.15, 0.2) is 5.76 Å². The molecular formula is C17H14ClFN4O. The van der Waals surface area contributed by atoms with E-state index in [4.69, 9.17) is 16.1 Å². The van der Waals surface area contributed by atoms with Crippen molar-refractivity contribution in [2.45, 2.75) is 19.9 Å². The van der Waals surface area contributed by atoms with Gasteiger partial charge < -0.3 is 9.42 Å². The van der Waals surface area contributed by atoms with Crippen LogP contribution in [0.3, 0.4) is 0 Å². The van der Waals surface area contributed by atoms with Crippen molar-refractivity contribution in [1.29, 1.82) is 0 Å². The first kappa shape index (κ1) is 15.1. The second kappa shape index (κ2) is 5.87. The molecule has 1 aliphatic heterocycles. The first-order valence-corrected chi connectivity index (χ1v) is 7.97. The molecule has 0 bridgehead atoms. The van der Waals surface area contributed by atoms with E-state index in [1.165, 1.54) is 12.1 Å². The zero-order valence-electron chi connectivity index (χ0n) is 13.0. The maximum atomic E-state index is 13.1. The fourth-order valence-electron chi connectivity index (χ4n) is 2.93. The quantitative estimate of drug-likeness (QED) is 0.662. The Labute approximate surface area is 143 Å². The van der Waals surface area contributed by atoms with Crippen molar-refractivity contribution in [3.8, 4) is 11.3 Å². The molecule has 3 heterocycles. The highest BCUT2D eigenvalue weighted by Gasteiger charge is 2.25. The zero-order valence-corrected chi connectivity index (χ0v) is 13.7. The van der Waals surface area contributed by atoms with Crippen LogP contribution in [-0.2, 0) is 13.0 Å². The monoisotopic (exact) mass is 344 g/mol. The Morgan fingerprint density at radius 2 is 2.00 bits per heavy atom. The van der Waals surface area contributed by atoms with Crippen LogP contribution in [0.1, 0.15) is 17.0 Å². The summed E-state index contributed by atoms with van der Waals surface area (Å²) in [6, 6.07) is 8.15. The van der Waals surface area contributed by atoms with E-state index in [0.717, 1.165) is 41.3 Å². The van der Waals surface area contributed by atoms with Crippen LogP contribution in [0.5, 0.6) is 0 Å². The largest absolute Gasteiger partial charge is 0.356 e. The van der Waals surface area contributed by atoms with Gasteiger partial charge >= 0.3 is 0 Å². The van der Waals surface area contributed by atoms with Crippen molar-refractivity contribution in [2.24, 2.45) is 0 Å². The first-order valence-electron chi connectivity index (χ1n) is 7.59. The molecule has 2 aromatic heterocycles. The van der Waals surface area contributed by atoms with Crippen LogP contribution < -0.4 is 4.90 Å². The average molecular weight is 345 g/mol. The molecule has 1 aliphatic rings. The number of halogens is 2. The molecule has 3 aromatic rings. The van der Waals surface area contributed by atoms with Crippen LogP contribution >= 0.6 is 11.6 Å². The van der Waals surface area contributed by atoms with E-state index in [9.17, 15) is 4.39 Å². The van der Waals surface area contributed by atoms with Crippen LogP contribution in [-0.4, -0.2) is 21.7 Å². The molecule has 0 saturated carbocycles. The summed E-state index contributed by atoms with van der Waals surface area (Å²) in [6.07, 6.45) is 0.770. The molecule has 24 heavy (non-hydrogen) atoms. The average Bonchev–Trinajstić information content (AvgIpc) is 2.98. The Morgan fingerprint density at radius 3 is 2.75 bits per heavy atom. The van der Waals surface area contributed by atoms with Crippen LogP contribution in [0.15, 0.2) is 34.9 Å². The van der Waals surface area contributed by atoms with Crippen LogP contribution in [0.4, 0.5) is 10.2 Å². The van der Waals surface area contributed by atoms with Crippen molar-refractivity contribution >= 4 is 17.4 Å². The van der Waals surface area contributed by atoms with Crippen molar-refractivity contribution in [1.82, 2.24) is 15.1 Å². The Balaban J connectivity index is 1.64. The lowest BCUT2D eigenvalue weighted by Gasteiger charge is -2.27. The minimum atomic E-state index is -0.269. The first-order chi connectivity index (χ1) is 11.6. The van der Waals surface area contributed by atoms with Gasteiger partial charge in [0.2, 0.25) is 5.28 Å². The number of anilines is 1. The predicted molar refractivity (Wildman–Crippen MR) is 88.4 cm³/mol. The van der Waals surface area contributed by atoms with Gasteiger partial charge in [-0.25, -0.2) is 14.4 Å². The number of fused-ring (bicyclic) bond motifs is 1. The number of aromatic nitrogens is 3. The van der Waals surface area contributed by atoms with Crippen molar-refractivity contribution in [2.75, 3.05) is 11.4 Å². The SMILES string of the molecule is Cc1cc(N2CCc3c(noc3-c3ccc(F)cc3)C2)nc(Cl)n1. The summed E-state index contributed by atoms with van der Waals surface area (Å²) in [5, 5.41) is 4.43. The van der Waals surface area contributed by atoms with Gasteiger partial charge in [-0.2, -0.15) is 0 Å². The molecule has 1 aromatic carbocycles. The minimum Gasteiger partial charge on any atom is -0.356 e. The van der Waals surface area contributed by atoms with Crippen molar-refractivity contribution in [3.05, 3.63) is 58.4 Å². The molecule has 0 unspecified atom stereocenters. The van der Waals surface area contributed by atoms with Crippen molar-refractivity contribution < 1.29 is 8.91 Å². The van der Waals surface area contributed by atoms with E-state index in [-0.39, 0.29) is 11.1 Å². The summed E-state index contributed by atoms with van der Waals surface area (Å²) in [5.41, 5.74) is 3.59. The third-order valence-corrected chi connectivity index (χ3v) is 4.25. The van der Waals surface area contributed by atoms with E-state index in [1.807, 2.05) is 13.0 Å². The fraction of sp³-hybridized carbons (Fsp3) is 0.235. The zero-order chi connectivity index (χ0) is 16.7. The maximum Gasteiger partial charge on any atom is 0.224 e. The maximum absolute atomic E-state index is 13.1. The standard InChI is InChI=1S/C17H14ClFN4O/c1-10-8-15(21-17(18)20-10)23-7-6-13-14(9-23)22-24-16(13)11-2-4-12(19)5-3-11/h2-5,8H,6-7,9H2,1H3. The molecular weight excluding hydrogens is 331 g/mol. The minimum absolute atomic E-state index is 0.239. The molecule has 0 aliphatic carbocycles. The molecule has 4 rings (SSSR count). The lowest BCUT2D eigenvalue weighted by atomic mass is 10.0. The van der Waals surface area contributed by atoms with Gasteiger partial charge in [0.25, 0.3) is 0 Å². The number of aryl methyl sites for hydroxylation is 1. The highest BCUT2D eigenvalue weighted by Crippen LogP contribution is 2.31. The molecule has 0 spiro atoms. The van der Waals surface area contributed by atoms with Gasteiger partial charge in [-0.1, -0.05) is 5.16 Å². The normalized spacial score (nSPS) is 13.9. The summed E-state index contributed by atoms with van der Waals surface area (Å²) in [5.74, 6) is 1.22. The molecule has 122 valence electrons. The number of hydrogen-bond acceptors (Lipinski definition) is 5. The van der Waals surface area contributed by atoms with Gasteiger partial charge in [-0.3, -0.25) is 0 Å². The highest BCUT2D eigenvalue weighted by atomic mass is 35.5. The van der Waals surface area contributed by atoms with E-state index < -0.39 is 0 Å². The molecule has 0 N–H and O–H groups in total. The van der Waals surface area contributed by atoms with Gasteiger partial charge in [-0.05, 0) is 49.2 Å². The molecule has 0 saturated heterocycles. The topological polar surface area (TPSA) is 55.1 Å². The van der Waals surface area contributed by atoms with E-state index in [2.05, 4.69) is 20.0 Å². The molecule has 5 nitrogen and oxygen atoms in total. The Hall–Kier alpha value is -2.47. The highest BCUT2D eigenvalue weighted by molar-refractivity contribution is 6.28. The van der Waals surface area contributed by atoms with Crippen LogP contribution in [0.2, 0.25) is 5.28 Å². The number of rotatable bonds is 2. The van der Waals surface area contributed by atoms with E-state index >= 15 is 0 Å². The summed E-state index contributed by atoms with van der Waals surface area (Å²) >= 11 is 5.95. The molecule has 0 fully saturated rings. The van der Waals surface area contributed by atoms with E-state index in [1.54, 1.807) is 12.1 Å². The van der Waals surface area contributed by atoms with Gasteiger partial charge in [0.1, 0.15) is 17.3 Å². The number of nitrogens with zero attached hydrogens (tertiary/aromatic N) is 4. The molecule has 0 amide bonds.